The molecule has 0 aliphatic carbocycles. The number of halogens is 1. The minimum absolute atomic E-state index is 0.172. The van der Waals surface area contributed by atoms with E-state index in [9.17, 15) is 9.59 Å². The first-order valence-corrected chi connectivity index (χ1v) is 9.01. The van der Waals surface area contributed by atoms with Crippen molar-refractivity contribution in [2.75, 3.05) is 39.5 Å². The van der Waals surface area contributed by atoms with E-state index in [1.165, 1.54) is 0 Å². The number of amidine groups is 1. The van der Waals surface area contributed by atoms with Gasteiger partial charge in [-0.3, -0.25) is 14.6 Å². The summed E-state index contributed by atoms with van der Waals surface area (Å²) in [6.45, 7) is 4.38. The number of rotatable bonds is 5. The van der Waals surface area contributed by atoms with Crippen molar-refractivity contribution in [1.29, 1.82) is 0 Å². The Morgan fingerprint density at radius 1 is 1.32 bits per heavy atom. The Hall–Kier alpha value is -1.61. The summed E-state index contributed by atoms with van der Waals surface area (Å²) in [4.78, 5) is 28.0. The molecular formula is C16H20ClN3O4S. The van der Waals surface area contributed by atoms with Crippen LogP contribution < -0.4 is 5.32 Å². The van der Waals surface area contributed by atoms with Crippen LogP contribution in [0.4, 0.5) is 4.79 Å². The van der Waals surface area contributed by atoms with Crippen molar-refractivity contribution in [3.05, 3.63) is 34.9 Å². The van der Waals surface area contributed by atoms with Gasteiger partial charge in [0.2, 0.25) is 0 Å². The Labute approximate surface area is 155 Å². The quantitative estimate of drug-likeness (QED) is 0.362. The minimum Gasteiger partial charge on any atom is -0.465 e. The molecule has 25 heavy (non-hydrogen) atoms. The molecule has 1 N–H and O–H groups in total. The normalized spacial score (nSPS) is 15.7. The molecule has 1 saturated heterocycles. The lowest BCUT2D eigenvalue weighted by Gasteiger charge is -2.24. The third kappa shape index (κ3) is 7.03. The number of nitrogens with zero attached hydrogens (tertiary/aromatic N) is 2. The first-order chi connectivity index (χ1) is 12.1. The van der Waals surface area contributed by atoms with E-state index in [0.29, 0.717) is 42.7 Å². The van der Waals surface area contributed by atoms with Gasteiger partial charge in [-0.25, -0.2) is 4.31 Å². The molecule has 1 fully saturated rings. The Morgan fingerprint density at radius 3 is 2.64 bits per heavy atom. The summed E-state index contributed by atoms with van der Waals surface area (Å²) < 4.78 is 12.0. The molecule has 0 atom stereocenters. The molecule has 1 aliphatic heterocycles. The average molecular weight is 386 g/mol. The maximum atomic E-state index is 12.3. The van der Waals surface area contributed by atoms with E-state index in [-0.39, 0.29) is 18.4 Å². The highest BCUT2D eigenvalue weighted by molar-refractivity contribution is 8.11. The number of morpholine rings is 1. The number of esters is 1. The molecule has 9 heteroatoms. The van der Waals surface area contributed by atoms with Gasteiger partial charge in [0.15, 0.2) is 0 Å². The fourth-order valence-electron chi connectivity index (χ4n) is 2.04. The number of ether oxygens (including phenoxy) is 2. The van der Waals surface area contributed by atoms with Crippen molar-refractivity contribution >= 4 is 40.6 Å². The third-order valence-electron chi connectivity index (χ3n) is 3.19. The molecule has 136 valence electrons. The number of nitrogens with one attached hydrogen (secondary N) is 1. The van der Waals surface area contributed by atoms with Crippen LogP contribution in [0.2, 0.25) is 5.02 Å². The van der Waals surface area contributed by atoms with Crippen molar-refractivity contribution in [3.63, 3.8) is 0 Å². The summed E-state index contributed by atoms with van der Waals surface area (Å²) in [5.41, 5.74) is 0.657. The zero-order valence-corrected chi connectivity index (χ0v) is 15.4. The van der Waals surface area contributed by atoms with Crippen LogP contribution in [0.5, 0.6) is 0 Å². The average Bonchev–Trinajstić information content (AvgIpc) is 2.60. The fraction of sp³-hybridized carbons (Fsp3) is 0.438. The summed E-state index contributed by atoms with van der Waals surface area (Å²) in [5, 5.41) is 3.03. The van der Waals surface area contributed by atoms with Crippen LogP contribution in [-0.4, -0.2) is 60.8 Å². The number of aliphatic imine (C=N–C) groups is 1. The molecule has 1 aromatic rings. The molecule has 1 heterocycles. The fourth-order valence-corrected chi connectivity index (χ4v) is 2.87. The molecule has 1 aliphatic rings. The van der Waals surface area contributed by atoms with E-state index in [1.807, 2.05) is 4.31 Å². The maximum Gasteiger partial charge on any atom is 0.327 e. The number of carbonyl (C=O) groups excluding carboxylic acids is 2. The number of amides is 1. The summed E-state index contributed by atoms with van der Waals surface area (Å²) >= 11 is 6.97. The number of benzene rings is 1. The molecule has 1 amide bonds. The second-order valence-electron chi connectivity index (χ2n) is 5.02. The SMILES string of the molecule is CCOC(=O)CN=C(NC(=O)SN1CCOCC1)c1ccc(Cl)cc1. The Kier molecular flexibility index (Phi) is 8.20. The van der Waals surface area contributed by atoms with Crippen molar-refractivity contribution in [3.8, 4) is 0 Å². The van der Waals surface area contributed by atoms with Crippen LogP contribution in [0.1, 0.15) is 12.5 Å². The smallest absolute Gasteiger partial charge is 0.327 e. The van der Waals surface area contributed by atoms with E-state index in [1.54, 1.807) is 31.2 Å². The minimum atomic E-state index is -0.455. The highest BCUT2D eigenvalue weighted by atomic mass is 35.5. The highest BCUT2D eigenvalue weighted by Crippen LogP contribution is 2.14. The Balaban J connectivity index is 2.04. The van der Waals surface area contributed by atoms with Gasteiger partial charge >= 0.3 is 5.97 Å². The molecule has 0 aromatic heterocycles. The summed E-state index contributed by atoms with van der Waals surface area (Å²) in [5.74, 6) is -0.153. The Bertz CT molecular complexity index is 618. The summed E-state index contributed by atoms with van der Waals surface area (Å²) in [7, 11) is 0. The number of hydrogen-bond donors (Lipinski definition) is 1. The lowest BCUT2D eigenvalue weighted by atomic mass is 10.2. The summed E-state index contributed by atoms with van der Waals surface area (Å²) in [6, 6.07) is 6.84. The molecule has 7 nitrogen and oxygen atoms in total. The zero-order chi connectivity index (χ0) is 18.1. The largest absolute Gasteiger partial charge is 0.465 e. The van der Waals surface area contributed by atoms with Crippen LogP contribution in [0, 0.1) is 0 Å². The van der Waals surface area contributed by atoms with E-state index < -0.39 is 5.97 Å². The molecule has 0 spiro atoms. The third-order valence-corrected chi connectivity index (χ3v) is 4.33. The second kappa shape index (κ2) is 10.4. The number of hydrogen-bond acceptors (Lipinski definition) is 7. The van der Waals surface area contributed by atoms with Crippen molar-refractivity contribution < 1.29 is 19.1 Å². The first-order valence-electron chi connectivity index (χ1n) is 7.86. The predicted molar refractivity (Wildman–Crippen MR) is 98.0 cm³/mol. The van der Waals surface area contributed by atoms with Gasteiger partial charge in [0.25, 0.3) is 5.24 Å². The van der Waals surface area contributed by atoms with Crippen LogP contribution in [0.3, 0.4) is 0 Å². The van der Waals surface area contributed by atoms with Gasteiger partial charge in [0.1, 0.15) is 12.4 Å². The van der Waals surface area contributed by atoms with E-state index >= 15 is 0 Å². The molecule has 0 saturated carbocycles. The molecule has 2 rings (SSSR count). The van der Waals surface area contributed by atoms with Crippen molar-refractivity contribution in [1.82, 2.24) is 9.62 Å². The monoisotopic (exact) mass is 385 g/mol. The van der Waals surface area contributed by atoms with Crippen molar-refractivity contribution in [2.24, 2.45) is 4.99 Å². The van der Waals surface area contributed by atoms with E-state index in [4.69, 9.17) is 21.1 Å². The molecule has 0 unspecified atom stereocenters. The standard InChI is InChI=1S/C16H20ClN3O4S/c1-2-24-14(21)11-18-15(12-3-5-13(17)6-4-12)19-16(22)25-20-7-9-23-10-8-20/h3-6H,2,7-11H2,1H3,(H,18,19,22). The van der Waals surface area contributed by atoms with Gasteiger partial charge in [-0.2, -0.15) is 0 Å². The van der Waals surface area contributed by atoms with Crippen LogP contribution in [0.25, 0.3) is 0 Å². The van der Waals surface area contributed by atoms with Gasteiger partial charge in [0.05, 0.1) is 19.8 Å². The van der Waals surface area contributed by atoms with E-state index in [0.717, 1.165) is 11.9 Å². The maximum absolute atomic E-state index is 12.3. The Morgan fingerprint density at radius 2 is 2.00 bits per heavy atom. The van der Waals surface area contributed by atoms with Gasteiger partial charge < -0.3 is 14.8 Å². The van der Waals surface area contributed by atoms with Gasteiger partial charge in [-0.15, -0.1) is 0 Å². The van der Waals surface area contributed by atoms with Crippen LogP contribution >= 0.6 is 23.5 Å². The molecule has 0 bridgehead atoms. The zero-order valence-electron chi connectivity index (χ0n) is 13.9. The number of carbonyl (C=O) groups is 2. The van der Waals surface area contributed by atoms with Gasteiger partial charge in [0, 0.05) is 35.6 Å². The van der Waals surface area contributed by atoms with E-state index in [2.05, 4.69) is 10.3 Å². The summed E-state index contributed by atoms with van der Waals surface area (Å²) in [6.07, 6.45) is 0. The second-order valence-corrected chi connectivity index (χ2v) is 6.53. The van der Waals surface area contributed by atoms with Crippen LogP contribution in [0.15, 0.2) is 29.3 Å². The molecule has 1 aromatic carbocycles. The highest BCUT2D eigenvalue weighted by Gasteiger charge is 2.17. The van der Waals surface area contributed by atoms with Crippen LogP contribution in [-0.2, 0) is 14.3 Å². The molecule has 0 radical (unpaired) electrons. The van der Waals surface area contributed by atoms with Gasteiger partial charge in [-0.1, -0.05) is 11.6 Å². The molecular weight excluding hydrogens is 366 g/mol. The first kappa shape index (κ1) is 19.7. The van der Waals surface area contributed by atoms with Gasteiger partial charge in [-0.05, 0) is 31.2 Å². The van der Waals surface area contributed by atoms with Crippen molar-refractivity contribution in [2.45, 2.75) is 6.92 Å². The lowest BCUT2D eigenvalue weighted by Crippen LogP contribution is -2.36. The topological polar surface area (TPSA) is 80.2 Å². The lowest BCUT2D eigenvalue weighted by molar-refractivity contribution is -0.141. The predicted octanol–water partition coefficient (Wildman–Crippen LogP) is 2.34.